The Morgan fingerprint density at radius 2 is 1.72 bits per heavy atom. The second-order valence-electron chi connectivity index (χ2n) is 5.71. The summed E-state index contributed by atoms with van der Waals surface area (Å²) in [6, 6.07) is 11.6. The minimum absolute atomic E-state index is 0.182. The van der Waals surface area contributed by atoms with E-state index in [0.29, 0.717) is 5.56 Å². The van der Waals surface area contributed by atoms with Crippen LogP contribution in [0, 0.1) is 0 Å². The average Bonchev–Trinajstić information content (AvgIpc) is 3.10. The molecule has 0 saturated carbocycles. The summed E-state index contributed by atoms with van der Waals surface area (Å²) in [5, 5.41) is 5.62. The fourth-order valence-corrected chi connectivity index (χ4v) is 5.10. The second kappa shape index (κ2) is 8.26. The molecule has 2 amide bonds. The van der Waals surface area contributed by atoms with Crippen molar-refractivity contribution in [1.29, 1.82) is 0 Å². The molecular weight excluding hydrogens is 360 g/mol. The largest absolute Gasteiger partial charge is 0.346 e. The number of hydrogen-bond acceptors (Lipinski definition) is 5. The predicted molar refractivity (Wildman–Crippen MR) is 97.0 cm³/mol. The summed E-state index contributed by atoms with van der Waals surface area (Å²) in [6.45, 7) is 3.28. The fraction of sp³-hybridized carbons (Fsp3) is 0.294. The highest BCUT2D eigenvalue weighted by Gasteiger charge is 2.31. The van der Waals surface area contributed by atoms with Crippen LogP contribution in [0.3, 0.4) is 0 Å². The lowest BCUT2D eigenvalue weighted by atomic mass is 10.1. The van der Waals surface area contributed by atoms with Gasteiger partial charge in [-0.3, -0.25) is 9.59 Å². The maximum atomic E-state index is 12.9. The number of thiophene rings is 1. The van der Waals surface area contributed by atoms with Crippen LogP contribution < -0.4 is 10.6 Å². The van der Waals surface area contributed by atoms with Crippen molar-refractivity contribution >= 4 is 33.0 Å². The molecule has 134 valence electrons. The smallest absolute Gasteiger partial charge is 0.309 e. The number of benzene rings is 1. The van der Waals surface area contributed by atoms with Crippen LogP contribution in [0.25, 0.3) is 0 Å². The third-order valence-electron chi connectivity index (χ3n) is 3.40. The van der Waals surface area contributed by atoms with Gasteiger partial charge in [0.05, 0.1) is 0 Å². The Morgan fingerprint density at radius 3 is 2.28 bits per heavy atom. The third kappa shape index (κ3) is 4.90. The van der Waals surface area contributed by atoms with E-state index in [1.807, 2.05) is 0 Å². The molecule has 25 heavy (non-hydrogen) atoms. The molecule has 1 aromatic heterocycles. The number of rotatable bonds is 6. The molecule has 2 rings (SSSR count). The molecule has 8 heteroatoms. The van der Waals surface area contributed by atoms with E-state index in [1.54, 1.807) is 55.6 Å². The standard InChI is InChI=1S/C17H20N2O4S2/c1-12(2)19-17(21)16(20)18-11-14(13-7-4-3-5-8-13)25(22,23)15-9-6-10-24-15/h3-10,12,14H,11H2,1-2H3,(H,18,20)(H,19,21)/t14-/m1/s1. The van der Waals surface area contributed by atoms with Crippen molar-refractivity contribution in [1.82, 2.24) is 10.6 Å². The fourth-order valence-electron chi connectivity index (χ4n) is 2.23. The summed E-state index contributed by atoms with van der Waals surface area (Å²) in [5.41, 5.74) is 0.556. The molecule has 1 atom stereocenters. The topological polar surface area (TPSA) is 92.3 Å². The average molecular weight is 380 g/mol. The van der Waals surface area contributed by atoms with Crippen molar-refractivity contribution in [3.05, 3.63) is 53.4 Å². The lowest BCUT2D eigenvalue weighted by Gasteiger charge is -2.18. The van der Waals surface area contributed by atoms with Gasteiger partial charge in [-0.05, 0) is 30.9 Å². The molecular formula is C17H20N2O4S2. The first-order valence-corrected chi connectivity index (χ1v) is 10.2. The van der Waals surface area contributed by atoms with E-state index >= 15 is 0 Å². The lowest BCUT2D eigenvalue weighted by Crippen LogP contribution is -2.44. The van der Waals surface area contributed by atoms with Crippen LogP contribution in [0.4, 0.5) is 0 Å². The summed E-state index contributed by atoms with van der Waals surface area (Å²) in [5.74, 6) is -1.63. The molecule has 0 unspecified atom stereocenters. The molecule has 0 fully saturated rings. The summed E-state index contributed by atoms with van der Waals surface area (Å²) in [7, 11) is -3.68. The van der Waals surface area contributed by atoms with Crippen LogP contribution in [0.15, 0.2) is 52.1 Å². The van der Waals surface area contributed by atoms with Gasteiger partial charge in [0.25, 0.3) is 0 Å². The van der Waals surface area contributed by atoms with Gasteiger partial charge in [0.2, 0.25) is 0 Å². The Kier molecular flexibility index (Phi) is 6.33. The molecule has 0 aliphatic heterocycles. The quantitative estimate of drug-likeness (QED) is 0.749. The molecule has 0 spiro atoms. The Hall–Kier alpha value is -2.19. The summed E-state index contributed by atoms with van der Waals surface area (Å²) in [6.07, 6.45) is 0. The van der Waals surface area contributed by atoms with Gasteiger partial charge in [0.15, 0.2) is 9.84 Å². The van der Waals surface area contributed by atoms with E-state index < -0.39 is 26.9 Å². The minimum Gasteiger partial charge on any atom is -0.346 e. The van der Waals surface area contributed by atoms with Gasteiger partial charge >= 0.3 is 11.8 Å². The van der Waals surface area contributed by atoms with Crippen molar-refractivity contribution in [3.8, 4) is 0 Å². The second-order valence-corrected chi connectivity index (χ2v) is 9.02. The Balaban J connectivity index is 2.23. The molecule has 2 aromatic rings. The Morgan fingerprint density at radius 1 is 1.04 bits per heavy atom. The normalized spacial score (nSPS) is 12.6. The molecule has 6 nitrogen and oxygen atoms in total. The maximum Gasteiger partial charge on any atom is 0.309 e. The van der Waals surface area contributed by atoms with Crippen molar-refractivity contribution in [3.63, 3.8) is 0 Å². The maximum absolute atomic E-state index is 12.9. The van der Waals surface area contributed by atoms with Crippen LogP contribution in [0.2, 0.25) is 0 Å². The van der Waals surface area contributed by atoms with Crippen molar-refractivity contribution in [2.24, 2.45) is 0 Å². The van der Waals surface area contributed by atoms with E-state index in [4.69, 9.17) is 0 Å². The van der Waals surface area contributed by atoms with Gasteiger partial charge in [0.1, 0.15) is 9.46 Å². The number of amides is 2. The summed E-state index contributed by atoms with van der Waals surface area (Å²) >= 11 is 1.12. The molecule has 0 bridgehead atoms. The van der Waals surface area contributed by atoms with E-state index in [2.05, 4.69) is 10.6 Å². The zero-order valence-electron chi connectivity index (χ0n) is 13.9. The molecule has 1 aromatic carbocycles. The first kappa shape index (κ1) is 19.1. The molecule has 0 saturated heterocycles. The number of carbonyl (C=O) groups excluding carboxylic acids is 2. The van der Waals surface area contributed by atoms with Crippen LogP contribution in [-0.4, -0.2) is 32.8 Å². The first-order valence-electron chi connectivity index (χ1n) is 7.73. The Labute approximate surface area is 151 Å². The lowest BCUT2D eigenvalue weighted by molar-refractivity contribution is -0.139. The van der Waals surface area contributed by atoms with E-state index in [0.717, 1.165) is 11.3 Å². The molecule has 2 N–H and O–H groups in total. The van der Waals surface area contributed by atoms with Crippen LogP contribution in [0.5, 0.6) is 0 Å². The summed E-state index contributed by atoms with van der Waals surface area (Å²) < 4.78 is 26.0. The van der Waals surface area contributed by atoms with E-state index in [1.165, 1.54) is 6.07 Å². The van der Waals surface area contributed by atoms with E-state index in [-0.39, 0.29) is 16.8 Å². The van der Waals surface area contributed by atoms with Gasteiger partial charge in [-0.2, -0.15) is 0 Å². The molecule has 0 aliphatic rings. The number of hydrogen-bond donors (Lipinski definition) is 2. The first-order chi connectivity index (χ1) is 11.8. The molecule has 0 aliphatic carbocycles. The highest BCUT2D eigenvalue weighted by Crippen LogP contribution is 2.30. The van der Waals surface area contributed by atoms with Crippen LogP contribution in [-0.2, 0) is 19.4 Å². The highest BCUT2D eigenvalue weighted by molar-refractivity contribution is 7.93. The minimum atomic E-state index is -3.68. The van der Waals surface area contributed by atoms with Crippen molar-refractivity contribution in [2.45, 2.75) is 29.3 Å². The van der Waals surface area contributed by atoms with Crippen molar-refractivity contribution in [2.75, 3.05) is 6.54 Å². The number of sulfone groups is 1. The zero-order valence-corrected chi connectivity index (χ0v) is 15.6. The molecule has 0 radical (unpaired) electrons. The van der Waals surface area contributed by atoms with Gasteiger partial charge in [0, 0.05) is 12.6 Å². The SMILES string of the molecule is CC(C)NC(=O)C(=O)NC[C@H](c1ccccc1)S(=O)(=O)c1cccs1. The predicted octanol–water partition coefficient (Wildman–Crippen LogP) is 1.90. The van der Waals surface area contributed by atoms with Crippen molar-refractivity contribution < 1.29 is 18.0 Å². The van der Waals surface area contributed by atoms with Gasteiger partial charge in [-0.1, -0.05) is 36.4 Å². The number of nitrogens with one attached hydrogen (secondary N) is 2. The van der Waals surface area contributed by atoms with Crippen LogP contribution in [0.1, 0.15) is 24.7 Å². The molecule has 1 heterocycles. The highest BCUT2D eigenvalue weighted by atomic mass is 32.2. The number of carbonyl (C=O) groups is 2. The van der Waals surface area contributed by atoms with E-state index in [9.17, 15) is 18.0 Å². The third-order valence-corrected chi connectivity index (χ3v) is 6.93. The van der Waals surface area contributed by atoms with Gasteiger partial charge < -0.3 is 10.6 Å². The van der Waals surface area contributed by atoms with Crippen LogP contribution >= 0.6 is 11.3 Å². The monoisotopic (exact) mass is 380 g/mol. The van der Waals surface area contributed by atoms with Gasteiger partial charge in [-0.25, -0.2) is 8.42 Å². The Bertz CT molecular complexity index is 816. The zero-order chi connectivity index (χ0) is 18.4. The van der Waals surface area contributed by atoms with Gasteiger partial charge in [-0.15, -0.1) is 11.3 Å². The summed E-state index contributed by atoms with van der Waals surface area (Å²) in [4.78, 5) is 23.6.